The van der Waals surface area contributed by atoms with E-state index in [0.717, 1.165) is 42.7 Å². The Kier molecular flexibility index (Phi) is 2.60. The van der Waals surface area contributed by atoms with Crippen molar-refractivity contribution in [2.24, 2.45) is 0 Å². The molecule has 0 spiro atoms. The minimum atomic E-state index is -0.923. The van der Waals surface area contributed by atoms with Gasteiger partial charge in [0.2, 0.25) is 0 Å². The Balaban J connectivity index is 1.88. The van der Waals surface area contributed by atoms with Gasteiger partial charge in [-0.2, -0.15) is 0 Å². The zero-order valence-electron chi connectivity index (χ0n) is 9.85. The second kappa shape index (κ2) is 4.00. The number of rotatable bonds is 2. The zero-order valence-corrected chi connectivity index (χ0v) is 9.85. The van der Waals surface area contributed by atoms with Crippen molar-refractivity contribution in [2.75, 3.05) is 6.61 Å². The molecule has 1 aromatic carbocycles. The van der Waals surface area contributed by atoms with E-state index < -0.39 is 11.7 Å². The van der Waals surface area contributed by atoms with Crippen LogP contribution in [0.4, 0.5) is 0 Å². The molecule has 1 saturated carbocycles. The van der Waals surface area contributed by atoms with Crippen LogP contribution in [0.1, 0.15) is 42.9 Å². The third kappa shape index (κ3) is 1.83. The van der Waals surface area contributed by atoms with Crippen LogP contribution in [-0.4, -0.2) is 22.4 Å². The van der Waals surface area contributed by atoms with E-state index in [1.54, 1.807) is 0 Å². The summed E-state index contributed by atoms with van der Waals surface area (Å²) in [6.07, 6.45) is 3.53. The standard InChI is InChI=1S/C14H18O3/c15-13(14(16)6-1-2-7-14)11-3-4-12-10(9-11)5-8-17-12/h3-4,9,13,15-16H,1-2,5-8H2. The first-order chi connectivity index (χ1) is 8.19. The predicted octanol–water partition coefficient (Wildman–Crippen LogP) is 1.96. The molecule has 2 aliphatic rings. The number of hydrogen-bond acceptors (Lipinski definition) is 3. The largest absolute Gasteiger partial charge is 0.493 e. The summed E-state index contributed by atoms with van der Waals surface area (Å²) in [5.74, 6) is 0.916. The van der Waals surface area contributed by atoms with E-state index in [4.69, 9.17) is 4.74 Å². The van der Waals surface area contributed by atoms with Gasteiger partial charge in [0, 0.05) is 6.42 Å². The summed E-state index contributed by atoms with van der Waals surface area (Å²) in [6.45, 7) is 0.721. The van der Waals surface area contributed by atoms with E-state index in [1.165, 1.54) is 0 Å². The Labute approximate surface area is 101 Å². The molecule has 3 rings (SSSR count). The van der Waals surface area contributed by atoms with Gasteiger partial charge in [0.25, 0.3) is 0 Å². The predicted molar refractivity (Wildman–Crippen MR) is 64.0 cm³/mol. The molecule has 3 heteroatoms. The number of aliphatic hydroxyl groups is 2. The molecule has 1 aromatic rings. The fourth-order valence-corrected chi connectivity index (χ4v) is 2.95. The molecule has 0 radical (unpaired) electrons. The number of benzene rings is 1. The van der Waals surface area contributed by atoms with Gasteiger partial charge in [-0.1, -0.05) is 18.9 Å². The molecule has 1 fully saturated rings. The van der Waals surface area contributed by atoms with Gasteiger partial charge in [-0.3, -0.25) is 0 Å². The molecule has 3 nitrogen and oxygen atoms in total. The number of hydrogen-bond donors (Lipinski definition) is 2. The molecule has 1 heterocycles. The van der Waals surface area contributed by atoms with Gasteiger partial charge in [0.15, 0.2) is 0 Å². The van der Waals surface area contributed by atoms with Crippen LogP contribution < -0.4 is 4.74 Å². The Hall–Kier alpha value is -1.06. The summed E-state index contributed by atoms with van der Waals surface area (Å²) in [4.78, 5) is 0. The van der Waals surface area contributed by atoms with Crippen LogP contribution >= 0.6 is 0 Å². The van der Waals surface area contributed by atoms with E-state index in [2.05, 4.69) is 0 Å². The number of aliphatic hydroxyl groups excluding tert-OH is 1. The SMILES string of the molecule is OC(c1ccc2c(c1)CCO2)C1(O)CCCC1. The van der Waals surface area contributed by atoms with Crippen molar-refractivity contribution in [3.05, 3.63) is 29.3 Å². The second-order valence-electron chi connectivity index (χ2n) is 5.18. The van der Waals surface area contributed by atoms with E-state index in [9.17, 15) is 10.2 Å². The summed E-state index contributed by atoms with van der Waals surface area (Å²) >= 11 is 0. The summed E-state index contributed by atoms with van der Waals surface area (Å²) in [6, 6.07) is 5.74. The first kappa shape index (κ1) is 11.1. The quantitative estimate of drug-likeness (QED) is 0.822. The minimum Gasteiger partial charge on any atom is -0.493 e. The molecule has 0 aromatic heterocycles. The van der Waals surface area contributed by atoms with Crippen LogP contribution in [0.3, 0.4) is 0 Å². The molecule has 2 N–H and O–H groups in total. The molecule has 0 bridgehead atoms. The summed E-state index contributed by atoms with van der Waals surface area (Å²) < 4.78 is 5.44. The van der Waals surface area contributed by atoms with E-state index in [0.29, 0.717) is 12.8 Å². The first-order valence-corrected chi connectivity index (χ1v) is 6.35. The van der Waals surface area contributed by atoms with Gasteiger partial charge >= 0.3 is 0 Å². The van der Waals surface area contributed by atoms with Gasteiger partial charge in [0.1, 0.15) is 11.9 Å². The van der Waals surface area contributed by atoms with Gasteiger partial charge in [0.05, 0.1) is 12.2 Å². The average molecular weight is 234 g/mol. The molecule has 0 amide bonds. The Bertz CT molecular complexity index is 421. The maximum atomic E-state index is 10.4. The highest BCUT2D eigenvalue weighted by Gasteiger charge is 2.39. The molecule has 92 valence electrons. The second-order valence-corrected chi connectivity index (χ2v) is 5.18. The summed E-state index contributed by atoms with van der Waals surface area (Å²) in [7, 11) is 0. The highest BCUT2D eigenvalue weighted by atomic mass is 16.5. The van der Waals surface area contributed by atoms with Crippen LogP contribution in [0.5, 0.6) is 5.75 Å². The number of ether oxygens (including phenoxy) is 1. The molecular weight excluding hydrogens is 216 g/mol. The van der Waals surface area contributed by atoms with E-state index in [-0.39, 0.29) is 0 Å². The van der Waals surface area contributed by atoms with Crippen LogP contribution in [0.15, 0.2) is 18.2 Å². The van der Waals surface area contributed by atoms with E-state index in [1.807, 2.05) is 18.2 Å². The lowest BCUT2D eigenvalue weighted by Crippen LogP contribution is -2.32. The van der Waals surface area contributed by atoms with Crippen LogP contribution in [0.25, 0.3) is 0 Å². The summed E-state index contributed by atoms with van der Waals surface area (Å²) in [5, 5.41) is 20.7. The molecule has 1 atom stereocenters. The summed E-state index contributed by atoms with van der Waals surface area (Å²) in [5.41, 5.74) is 1.04. The van der Waals surface area contributed by atoms with Crippen LogP contribution in [-0.2, 0) is 6.42 Å². The zero-order chi connectivity index (χ0) is 11.9. The highest BCUT2D eigenvalue weighted by Crippen LogP contribution is 2.40. The molecule has 17 heavy (non-hydrogen) atoms. The third-order valence-corrected chi connectivity index (χ3v) is 4.01. The molecular formula is C14H18O3. The lowest BCUT2D eigenvalue weighted by molar-refractivity contribution is -0.0719. The van der Waals surface area contributed by atoms with Crippen molar-refractivity contribution in [1.82, 2.24) is 0 Å². The molecule has 1 aliphatic heterocycles. The highest BCUT2D eigenvalue weighted by molar-refractivity contribution is 5.41. The van der Waals surface area contributed by atoms with Crippen LogP contribution in [0.2, 0.25) is 0 Å². The Morgan fingerprint density at radius 1 is 1.24 bits per heavy atom. The smallest absolute Gasteiger partial charge is 0.122 e. The first-order valence-electron chi connectivity index (χ1n) is 6.35. The molecule has 1 unspecified atom stereocenters. The lowest BCUT2D eigenvalue weighted by atomic mass is 9.89. The fraction of sp³-hybridized carbons (Fsp3) is 0.571. The van der Waals surface area contributed by atoms with Gasteiger partial charge < -0.3 is 14.9 Å². The van der Waals surface area contributed by atoms with Crippen LogP contribution in [0, 0.1) is 0 Å². The monoisotopic (exact) mass is 234 g/mol. The Morgan fingerprint density at radius 2 is 2.00 bits per heavy atom. The average Bonchev–Trinajstić information content (AvgIpc) is 2.96. The van der Waals surface area contributed by atoms with Crippen molar-refractivity contribution in [3.63, 3.8) is 0 Å². The van der Waals surface area contributed by atoms with Crippen molar-refractivity contribution >= 4 is 0 Å². The maximum Gasteiger partial charge on any atom is 0.122 e. The van der Waals surface area contributed by atoms with Gasteiger partial charge in [-0.15, -0.1) is 0 Å². The van der Waals surface area contributed by atoms with Crippen molar-refractivity contribution < 1.29 is 14.9 Å². The third-order valence-electron chi connectivity index (χ3n) is 4.01. The Morgan fingerprint density at radius 3 is 2.76 bits per heavy atom. The fourth-order valence-electron chi connectivity index (χ4n) is 2.95. The maximum absolute atomic E-state index is 10.4. The molecule has 1 aliphatic carbocycles. The van der Waals surface area contributed by atoms with Crippen molar-refractivity contribution in [1.29, 1.82) is 0 Å². The topological polar surface area (TPSA) is 49.7 Å². The van der Waals surface area contributed by atoms with Crippen molar-refractivity contribution in [3.8, 4) is 5.75 Å². The lowest BCUT2D eigenvalue weighted by Gasteiger charge is -2.29. The normalized spacial score (nSPS) is 23.2. The van der Waals surface area contributed by atoms with Gasteiger partial charge in [-0.05, 0) is 36.1 Å². The van der Waals surface area contributed by atoms with Gasteiger partial charge in [-0.25, -0.2) is 0 Å². The minimum absolute atomic E-state index is 0.696. The van der Waals surface area contributed by atoms with Crippen molar-refractivity contribution in [2.45, 2.75) is 43.8 Å². The number of fused-ring (bicyclic) bond motifs is 1. The van der Waals surface area contributed by atoms with E-state index >= 15 is 0 Å². The molecule has 0 saturated heterocycles.